The number of carbonyl (C=O) groups excluding carboxylic acids is 1. The second-order valence-corrected chi connectivity index (χ2v) is 8.01. The molecule has 0 saturated carbocycles. The fourth-order valence-electron chi connectivity index (χ4n) is 3.98. The van der Waals surface area contributed by atoms with Gasteiger partial charge in [-0.25, -0.2) is 9.18 Å². The van der Waals surface area contributed by atoms with Gasteiger partial charge in [0.1, 0.15) is 11.4 Å². The predicted molar refractivity (Wildman–Crippen MR) is 120 cm³/mol. The topological polar surface area (TPSA) is 82.8 Å². The Morgan fingerprint density at radius 3 is 2.34 bits per heavy atom. The fraction of sp³-hybridized carbons (Fsp3) is 0.261. The van der Waals surface area contributed by atoms with E-state index < -0.39 is 17.2 Å². The Kier molecular flexibility index (Phi) is 5.88. The van der Waals surface area contributed by atoms with Gasteiger partial charge in [0.2, 0.25) is 5.43 Å². The molecule has 1 saturated heterocycles. The molecule has 166 valence electrons. The van der Waals surface area contributed by atoms with Crippen molar-refractivity contribution < 1.29 is 19.1 Å². The number of carbonyl (C=O) groups is 2. The molecule has 1 aliphatic rings. The maximum absolute atomic E-state index is 15.0. The van der Waals surface area contributed by atoms with E-state index in [1.165, 1.54) is 6.20 Å². The number of hydrogen-bond acceptors (Lipinski definition) is 4. The minimum absolute atomic E-state index is 0.0320. The summed E-state index contributed by atoms with van der Waals surface area (Å²) in [6.45, 7) is 3.91. The van der Waals surface area contributed by atoms with Crippen LogP contribution in [0.2, 0.25) is 5.02 Å². The van der Waals surface area contributed by atoms with E-state index in [9.17, 15) is 23.9 Å². The molecule has 1 aromatic heterocycles. The van der Waals surface area contributed by atoms with E-state index in [0.29, 0.717) is 54.5 Å². The molecule has 0 spiro atoms. The molecule has 1 fully saturated rings. The summed E-state index contributed by atoms with van der Waals surface area (Å²) in [6, 6.07) is 9.37. The zero-order chi connectivity index (χ0) is 23.0. The van der Waals surface area contributed by atoms with Gasteiger partial charge in [0, 0.05) is 54.9 Å². The number of halogens is 2. The summed E-state index contributed by atoms with van der Waals surface area (Å²) in [6.07, 6.45) is 1.29. The zero-order valence-electron chi connectivity index (χ0n) is 17.3. The number of carboxylic acids is 1. The van der Waals surface area contributed by atoms with E-state index in [1.54, 1.807) is 39.8 Å². The number of piperazine rings is 1. The van der Waals surface area contributed by atoms with Crippen LogP contribution in [0.25, 0.3) is 10.9 Å². The van der Waals surface area contributed by atoms with Crippen LogP contribution in [0.1, 0.15) is 27.6 Å². The van der Waals surface area contributed by atoms with Gasteiger partial charge in [0.25, 0.3) is 5.91 Å². The van der Waals surface area contributed by atoms with Crippen molar-refractivity contribution in [2.24, 2.45) is 0 Å². The Bertz CT molecular complexity index is 1260. The lowest BCUT2D eigenvalue weighted by atomic mass is 10.1. The van der Waals surface area contributed by atoms with Crippen LogP contribution in [0.3, 0.4) is 0 Å². The van der Waals surface area contributed by atoms with Crippen LogP contribution in [-0.2, 0) is 6.54 Å². The van der Waals surface area contributed by atoms with E-state index >= 15 is 0 Å². The molecule has 2 heterocycles. The molecular formula is C23H21ClFN3O4. The molecule has 0 unspecified atom stereocenters. The fourth-order valence-corrected chi connectivity index (χ4v) is 4.11. The predicted octanol–water partition coefficient (Wildman–Crippen LogP) is 3.47. The number of hydrogen-bond donors (Lipinski definition) is 1. The lowest BCUT2D eigenvalue weighted by Crippen LogP contribution is -2.49. The Morgan fingerprint density at radius 1 is 1.09 bits per heavy atom. The normalized spacial score (nSPS) is 14.1. The number of carboxylic acid groups (broad SMARTS) is 1. The van der Waals surface area contributed by atoms with Crippen molar-refractivity contribution in [3.05, 3.63) is 74.8 Å². The summed E-state index contributed by atoms with van der Waals surface area (Å²) in [4.78, 5) is 40.2. The highest BCUT2D eigenvalue weighted by Crippen LogP contribution is 2.26. The second-order valence-electron chi connectivity index (χ2n) is 7.57. The van der Waals surface area contributed by atoms with Crippen LogP contribution in [0.4, 0.5) is 10.1 Å². The Morgan fingerprint density at radius 2 is 1.75 bits per heavy atom. The third-order valence-corrected chi connectivity index (χ3v) is 5.97. The summed E-state index contributed by atoms with van der Waals surface area (Å²) in [5, 5.41) is 9.87. The molecule has 0 aliphatic carbocycles. The van der Waals surface area contributed by atoms with Crippen LogP contribution in [0.5, 0.6) is 0 Å². The Balaban J connectivity index is 1.61. The first kappa shape index (κ1) is 21.8. The molecule has 0 atom stereocenters. The smallest absolute Gasteiger partial charge is 0.341 e. The van der Waals surface area contributed by atoms with Crippen LogP contribution in [0.15, 0.2) is 47.4 Å². The number of pyridine rings is 1. The van der Waals surface area contributed by atoms with Gasteiger partial charge in [-0.2, -0.15) is 0 Å². The van der Waals surface area contributed by atoms with E-state index in [-0.39, 0.29) is 16.9 Å². The molecule has 7 nitrogen and oxygen atoms in total. The highest BCUT2D eigenvalue weighted by molar-refractivity contribution is 6.30. The van der Waals surface area contributed by atoms with Gasteiger partial charge in [-0.15, -0.1) is 0 Å². The highest BCUT2D eigenvalue weighted by atomic mass is 35.5. The standard InChI is InChI=1S/C23H21ClFN3O4/c1-2-26-13-17(23(31)32)21(29)16-11-18(25)20(12-19(16)26)27-7-9-28(10-8-27)22(30)14-3-5-15(24)6-4-14/h3-6,11-13H,2,7-10H2,1H3,(H,31,32). The van der Waals surface area contributed by atoms with Crippen molar-refractivity contribution in [1.29, 1.82) is 0 Å². The van der Waals surface area contributed by atoms with Crippen LogP contribution in [0, 0.1) is 5.82 Å². The van der Waals surface area contributed by atoms with E-state index in [2.05, 4.69) is 0 Å². The average molecular weight is 458 g/mol. The van der Waals surface area contributed by atoms with Crippen molar-refractivity contribution in [2.75, 3.05) is 31.1 Å². The Hall–Kier alpha value is -3.39. The number of aromatic carboxylic acids is 1. The number of fused-ring (bicyclic) bond motifs is 1. The first-order valence-electron chi connectivity index (χ1n) is 10.2. The monoisotopic (exact) mass is 457 g/mol. The number of benzene rings is 2. The summed E-state index contributed by atoms with van der Waals surface area (Å²) in [7, 11) is 0. The molecule has 1 amide bonds. The molecule has 1 N–H and O–H groups in total. The number of aromatic nitrogens is 1. The van der Waals surface area contributed by atoms with Crippen molar-refractivity contribution in [2.45, 2.75) is 13.5 Å². The quantitative estimate of drug-likeness (QED) is 0.648. The lowest BCUT2D eigenvalue weighted by molar-refractivity contribution is 0.0693. The molecular weight excluding hydrogens is 437 g/mol. The molecule has 0 radical (unpaired) electrons. The summed E-state index contributed by atoms with van der Waals surface area (Å²) in [5.74, 6) is -2.05. The van der Waals surface area contributed by atoms with Gasteiger partial charge in [-0.3, -0.25) is 9.59 Å². The molecule has 0 bridgehead atoms. The summed E-state index contributed by atoms with van der Waals surface area (Å²) in [5.41, 5.74) is 0.238. The molecule has 4 rings (SSSR count). The SMILES string of the molecule is CCn1cc(C(=O)O)c(=O)c2cc(F)c(N3CCN(C(=O)c4ccc(Cl)cc4)CC3)cc21. The van der Waals surface area contributed by atoms with Gasteiger partial charge >= 0.3 is 5.97 Å². The third kappa shape index (κ3) is 3.93. The second kappa shape index (κ2) is 8.63. The molecule has 32 heavy (non-hydrogen) atoms. The van der Waals surface area contributed by atoms with E-state index in [4.69, 9.17) is 11.6 Å². The third-order valence-electron chi connectivity index (χ3n) is 5.72. The van der Waals surface area contributed by atoms with Crippen molar-refractivity contribution in [1.82, 2.24) is 9.47 Å². The number of rotatable bonds is 4. The Labute approximate surface area is 188 Å². The van der Waals surface area contributed by atoms with Gasteiger partial charge in [0.05, 0.1) is 11.2 Å². The summed E-state index contributed by atoms with van der Waals surface area (Å²) >= 11 is 5.88. The average Bonchev–Trinajstić information content (AvgIpc) is 2.79. The van der Waals surface area contributed by atoms with Crippen LogP contribution < -0.4 is 10.3 Å². The van der Waals surface area contributed by atoms with Gasteiger partial charge in [-0.05, 0) is 43.3 Å². The van der Waals surface area contributed by atoms with Crippen molar-refractivity contribution in [3.8, 4) is 0 Å². The molecule has 1 aliphatic heterocycles. The number of nitrogens with zero attached hydrogens (tertiary/aromatic N) is 3. The molecule has 9 heteroatoms. The largest absolute Gasteiger partial charge is 0.477 e. The van der Waals surface area contributed by atoms with Crippen molar-refractivity contribution in [3.63, 3.8) is 0 Å². The number of aryl methyl sites for hydroxylation is 1. The van der Waals surface area contributed by atoms with Crippen LogP contribution in [-0.4, -0.2) is 52.6 Å². The minimum Gasteiger partial charge on any atom is -0.477 e. The molecule has 3 aromatic rings. The first-order chi connectivity index (χ1) is 15.3. The zero-order valence-corrected chi connectivity index (χ0v) is 18.1. The van der Waals surface area contributed by atoms with Gasteiger partial charge in [-0.1, -0.05) is 11.6 Å². The maximum Gasteiger partial charge on any atom is 0.341 e. The van der Waals surface area contributed by atoms with Gasteiger partial charge < -0.3 is 19.5 Å². The number of anilines is 1. The van der Waals surface area contributed by atoms with Crippen LogP contribution >= 0.6 is 11.6 Å². The maximum atomic E-state index is 15.0. The highest BCUT2D eigenvalue weighted by Gasteiger charge is 2.25. The lowest BCUT2D eigenvalue weighted by Gasteiger charge is -2.36. The van der Waals surface area contributed by atoms with E-state index in [1.807, 2.05) is 11.8 Å². The first-order valence-corrected chi connectivity index (χ1v) is 10.6. The van der Waals surface area contributed by atoms with Crippen molar-refractivity contribution >= 4 is 40.1 Å². The number of amides is 1. The summed E-state index contributed by atoms with van der Waals surface area (Å²) < 4.78 is 16.6. The van der Waals surface area contributed by atoms with Gasteiger partial charge in [0.15, 0.2) is 0 Å². The minimum atomic E-state index is -1.34. The molecule has 2 aromatic carbocycles. The van der Waals surface area contributed by atoms with E-state index in [0.717, 1.165) is 6.07 Å².